The van der Waals surface area contributed by atoms with E-state index in [0.717, 1.165) is 25.7 Å². The van der Waals surface area contributed by atoms with Crippen molar-refractivity contribution in [1.29, 1.82) is 0 Å². The Bertz CT molecular complexity index is 437. The predicted octanol–water partition coefficient (Wildman–Crippen LogP) is 2.53. The number of hydrogen-bond acceptors (Lipinski definition) is 3. The number of nitrogens with two attached hydrogens (primary N) is 3. The minimum Gasteiger partial charge on any atom is -0.372 e. The van der Waals surface area contributed by atoms with Crippen molar-refractivity contribution >= 4 is 18.2 Å². The van der Waals surface area contributed by atoms with Gasteiger partial charge >= 0.3 is 0 Å². The van der Waals surface area contributed by atoms with Crippen LogP contribution in [0.5, 0.6) is 0 Å². The van der Waals surface area contributed by atoms with Crippen LogP contribution in [0.4, 0.5) is 0 Å². The second-order valence-corrected chi connectivity index (χ2v) is 5.03. The van der Waals surface area contributed by atoms with Crippen LogP contribution in [0.25, 0.3) is 0 Å². The van der Waals surface area contributed by atoms with E-state index in [2.05, 4.69) is 17.9 Å². The molecule has 1 aromatic rings. The summed E-state index contributed by atoms with van der Waals surface area (Å²) >= 11 is 0. The zero-order valence-corrected chi connectivity index (χ0v) is 16.0. The molecule has 0 bridgehead atoms. The summed E-state index contributed by atoms with van der Waals surface area (Å²) in [7, 11) is 0. The van der Waals surface area contributed by atoms with Crippen LogP contribution >= 0.6 is 0 Å². The molecule has 0 aliphatic heterocycles. The molecule has 0 saturated carbocycles. The van der Waals surface area contributed by atoms with Gasteiger partial charge < -0.3 is 17.2 Å². The number of aryl methyl sites for hydroxylation is 1. The topological polar surface area (TPSA) is 129 Å². The van der Waals surface area contributed by atoms with Gasteiger partial charge in [0.2, 0.25) is 18.2 Å². The SMILES string of the molecule is CC.CCCCC(N)=O.C[C@H](CCc1ccccc1)C(N)=O.NC=O. The first-order chi connectivity index (χ1) is 11.9. The average Bonchev–Trinajstić information content (AvgIpc) is 2.61. The second-order valence-electron chi connectivity index (χ2n) is 5.03. The molecular formula is C19H35N3O3. The molecule has 0 spiro atoms. The highest BCUT2D eigenvalue weighted by Gasteiger charge is 2.07. The van der Waals surface area contributed by atoms with Crippen molar-refractivity contribution in [2.24, 2.45) is 23.1 Å². The van der Waals surface area contributed by atoms with Crippen LogP contribution in [0.2, 0.25) is 0 Å². The summed E-state index contributed by atoms with van der Waals surface area (Å²) in [5, 5.41) is 0. The van der Waals surface area contributed by atoms with Crippen molar-refractivity contribution in [3.05, 3.63) is 35.9 Å². The summed E-state index contributed by atoms with van der Waals surface area (Å²) in [4.78, 5) is 29.3. The molecule has 1 aromatic carbocycles. The van der Waals surface area contributed by atoms with Gasteiger partial charge in [-0.25, -0.2) is 0 Å². The van der Waals surface area contributed by atoms with Gasteiger partial charge in [-0.3, -0.25) is 14.4 Å². The number of amides is 3. The number of carbonyl (C=O) groups excluding carboxylic acids is 3. The Labute approximate surface area is 152 Å². The Morgan fingerprint density at radius 1 is 1.12 bits per heavy atom. The number of primary amides is 3. The van der Waals surface area contributed by atoms with E-state index in [-0.39, 0.29) is 24.1 Å². The van der Waals surface area contributed by atoms with E-state index in [1.165, 1.54) is 5.56 Å². The quantitative estimate of drug-likeness (QED) is 0.651. The summed E-state index contributed by atoms with van der Waals surface area (Å²) in [6.07, 6.45) is 4.51. The van der Waals surface area contributed by atoms with Gasteiger partial charge in [0.1, 0.15) is 0 Å². The van der Waals surface area contributed by atoms with Crippen molar-refractivity contribution in [2.75, 3.05) is 0 Å². The van der Waals surface area contributed by atoms with Crippen LogP contribution < -0.4 is 17.2 Å². The number of hydrogen-bond donors (Lipinski definition) is 3. The summed E-state index contributed by atoms with van der Waals surface area (Å²) in [6.45, 7) is 7.90. The molecule has 0 unspecified atom stereocenters. The van der Waals surface area contributed by atoms with E-state index in [9.17, 15) is 9.59 Å². The van der Waals surface area contributed by atoms with Crippen molar-refractivity contribution in [3.63, 3.8) is 0 Å². The Kier molecular flexibility index (Phi) is 23.8. The van der Waals surface area contributed by atoms with Gasteiger partial charge in [0, 0.05) is 12.3 Å². The molecule has 0 heterocycles. The largest absolute Gasteiger partial charge is 0.372 e. The van der Waals surface area contributed by atoms with Crippen LogP contribution in [-0.2, 0) is 20.8 Å². The Morgan fingerprint density at radius 2 is 1.60 bits per heavy atom. The predicted molar refractivity (Wildman–Crippen MR) is 103 cm³/mol. The number of benzene rings is 1. The summed E-state index contributed by atoms with van der Waals surface area (Å²) in [5.74, 6) is -0.432. The molecule has 144 valence electrons. The van der Waals surface area contributed by atoms with Gasteiger partial charge in [-0.05, 0) is 24.8 Å². The third kappa shape index (κ3) is 24.0. The Balaban J connectivity index is -0.000000341. The fourth-order valence-electron chi connectivity index (χ4n) is 1.52. The normalized spacial score (nSPS) is 9.60. The second kappa shape index (κ2) is 21.6. The van der Waals surface area contributed by atoms with Crippen molar-refractivity contribution in [3.8, 4) is 0 Å². The maximum Gasteiger partial charge on any atom is 0.220 e. The molecule has 0 aliphatic carbocycles. The highest BCUT2D eigenvalue weighted by atomic mass is 16.1. The van der Waals surface area contributed by atoms with Crippen LogP contribution in [-0.4, -0.2) is 18.2 Å². The lowest BCUT2D eigenvalue weighted by Gasteiger charge is -2.06. The van der Waals surface area contributed by atoms with Gasteiger partial charge in [0.25, 0.3) is 0 Å². The molecule has 6 N–H and O–H groups in total. The minimum absolute atomic E-state index is 0.0276. The zero-order valence-electron chi connectivity index (χ0n) is 16.0. The molecule has 6 nitrogen and oxygen atoms in total. The molecule has 0 aliphatic rings. The fourth-order valence-corrected chi connectivity index (χ4v) is 1.52. The molecule has 1 rings (SSSR count). The van der Waals surface area contributed by atoms with Crippen LogP contribution in [0, 0.1) is 5.92 Å². The maximum atomic E-state index is 10.7. The molecule has 3 amide bonds. The first-order valence-electron chi connectivity index (χ1n) is 8.65. The van der Waals surface area contributed by atoms with E-state index in [4.69, 9.17) is 16.3 Å². The Morgan fingerprint density at radius 3 is 1.92 bits per heavy atom. The molecule has 1 atom stereocenters. The van der Waals surface area contributed by atoms with Gasteiger partial charge in [0.05, 0.1) is 0 Å². The lowest BCUT2D eigenvalue weighted by molar-refractivity contribution is -0.121. The van der Waals surface area contributed by atoms with E-state index in [0.29, 0.717) is 6.42 Å². The van der Waals surface area contributed by atoms with E-state index in [1.807, 2.05) is 45.9 Å². The standard InChI is InChI=1S/C11H15NO.C5H11NO.C2H6.CH3NO/c1-9(11(12)13)7-8-10-5-3-2-4-6-10;1-2-3-4-5(6)7;1-2;2-1-3/h2-6,9H,7-8H2,1H3,(H2,12,13);2-4H2,1H3,(H2,6,7);1-2H3;1H,(H2,2,3)/t9-;;;/m1.../s1. The van der Waals surface area contributed by atoms with E-state index in [1.54, 1.807) is 0 Å². The van der Waals surface area contributed by atoms with Gasteiger partial charge in [-0.15, -0.1) is 0 Å². The van der Waals surface area contributed by atoms with Crippen molar-refractivity contribution in [2.45, 2.75) is 59.8 Å². The van der Waals surface area contributed by atoms with Gasteiger partial charge in [-0.1, -0.05) is 64.4 Å². The summed E-state index contributed by atoms with van der Waals surface area (Å²) in [5.41, 5.74) is 15.4. The first-order valence-corrected chi connectivity index (χ1v) is 8.65. The zero-order chi connectivity index (χ0) is 20.1. The molecular weight excluding hydrogens is 318 g/mol. The summed E-state index contributed by atoms with van der Waals surface area (Å²) in [6, 6.07) is 10.1. The van der Waals surface area contributed by atoms with E-state index >= 15 is 0 Å². The van der Waals surface area contributed by atoms with Crippen LogP contribution in [0.3, 0.4) is 0 Å². The van der Waals surface area contributed by atoms with Crippen molar-refractivity contribution < 1.29 is 14.4 Å². The smallest absolute Gasteiger partial charge is 0.220 e. The first kappa shape index (κ1) is 27.5. The molecule has 0 saturated heterocycles. The maximum absolute atomic E-state index is 10.7. The lowest BCUT2D eigenvalue weighted by Crippen LogP contribution is -2.20. The number of rotatable bonds is 7. The molecule has 0 radical (unpaired) electrons. The monoisotopic (exact) mass is 353 g/mol. The third-order valence-corrected chi connectivity index (χ3v) is 2.97. The lowest BCUT2D eigenvalue weighted by atomic mass is 10.0. The third-order valence-electron chi connectivity index (χ3n) is 2.97. The van der Waals surface area contributed by atoms with E-state index < -0.39 is 0 Å². The molecule has 0 aromatic heterocycles. The Hall–Kier alpha value is -2.37. The highest BCUT2D eigenvalue weighted by molar-refractivity contribution is 5.76. The number of carbonyl (C=O) groups is 3. The van der Waals surface area contributed by atoms with Crippen LogP contribution in [0.1, 0.15) is 58.9 Å². The molecule has 25 heavy (non-hydrogen) atoms. The van der Waals surface area contributed by atoms with Gasteiger partial charge in [0.15, 0.2) is 0 Å². The molecule has 6 heteroatoms. The number of unbranched alkanes of at least 4 members (excludes halogenated alkanes) is 1. The van der Waals surface area contributed by atoms with Crippen LogP contribution in [0.15, 0.2) is 30.3 Å². The fraction of sp³-hybridized carbons (Fsp3) is 0.526. The average molecular weight is 354 g/mol. The van der Waals surface area contributed by atoms with Crippen molar-refractivity contribution in [1.82, 2.24) is 0 Å². The minimum atomic E-state index is -0.212. The highest BCUT2D eigenvalue weighted by Crippen LogP contribution is 2.08. The van der Waals surface area contributed by atoms with Gasteiger partial charge in [-0.2, -0.15) is 0 Å². The summed E-state index contributed by atoms with van der Waals surface area (Å²) < 4.78 is 0. The molecule has 0 fully saturated rings.